The molecule has 0 heterocycles. The molecule has 1 amide bonds. The number of amides is 1. The van der Waals surface area contributed by atoms with E-state index < -0.39 is 17.8 Å². The van der Waals surface area contributed by atoms with Crippen molar-refractivity contribution >= 4 is 23.5 Å². The Morgan fingerprint density at radius 2 is 1.63 bits per heavy atom. The van der Waals surface area contributed by atoms with Crippen molar-refractivity contribution in [2.45, 2.75) is 19.4 Å². The second kappa shape index (κ2) is 5.96. The van der Waals surface area contributed by atoms with Gasteiger partial charge in [0, 0.05) is 18.2 Å². The van der Waals surface area contributed by atoms with Gasteiger partial charge >= 0.3 is 11.9 Å². The van der Waals surface area contributed by atoms with E-state index in [-0.39, 0.29) is 29.3 Å². The third-order valence-corrected chi connectivity index (χ3v) is 2.22. The minimum absolute atomic E-state index is 0.0553. The zero-order valence-corrected chi connectivity index (χ0v) is 10.2. The van der Waals surface area contributed by atoms with Gasteiger partial charge in [0.15, 0.2) is 0 Å². The highest BCUT2D eigenvalue weighted by Crippen LogP contribution is 2.16. The van der Waals surface area contributed by atoms with E-state index in [4.69, 9.17) is 15.9 Å². The van der Waals surface area contributed by atoms with Gasteiger partial charge in [0.2, 0.25) is 5.91 Å². The molecular formula is C12H14N2O5. The van der Waals surface area contributed by atoms with Gasteiger partial charge in [-0.25, -0.2) is 9.59 Å². The van der Waals surface area contributed by atoms with Crippen LogP contribution in [-0.2, 0) is 4.79 Å². The zero-order valence-electron chi connectivity index (χ0n) is 10.2. The van der Waals surface area contributed by atoms with E-state index in [1.54, 1.807) is 6.92 Å². The molecule has 19 heavy (non-hydrogen) atoms. The van der Waals surface area contributed by atoms with Gasteiger partial charge in [0.05, 0.1) is 11.1 Å². The average Bonchev–Trinajstić information content (AvgIpc) is 2.26. The van der Waals surface area contributed by atoms with Crippen LogP contribution in [-0.4, -0.2) is 34.1 Å². The summed E-state index contributed by atoms with van der Waals surface area (Å²) in [6.45, 7) is 1.65. The van der Waals surface area contributed by atoms with E-state index in [0.717, 1.165) is 6.07 Å². The summed E-state index contributed by atoms with van der Waals surface area (Å²) in [6, 6.07) is 3.05. The Morgan fingerprint density at radius 3 is 2.00 bits per heavy atom. The Hall–Kier alpha value is -2.41. The standard InChI is InChI=1S/C12H14N2O5/c1-6(13)2-10(15)14-9-4-7(11(16)17)3-8(5-9)12(18)19/h3-6H,2,13H2,1H3,(H,14,15)(H,16,17)(H,18,19). The number of benzene rings is 1. The summed E-state index contributed by atoms with van der Waals surface area (Å²) >= 11 is 0. The fraction of sp³-hybridized carbons (Fsp3) is 0.250. The van der Waals surface area contributed by atoms with Gasteiger partial charge in [-0.05, 0) is 25.1 Å². The average molecular weight is 266 g/mol. The van der Waals surface area contributed by atoms with Crippen molar-refractivity contribution in [2.75, 3.05) is 5.32 Å². The van der Waals surface area contributed by atoms with Crippen LogP contribution < -0.4 is 11.1 Å². The van der Waals surface area contributed by atoms with Gasteiger partial charge in [-0.1, -0.05) is 0 Å². The van der Waals surface area contributed by atoms with Crippen molar-refractivity contribution in [3.8, 4) is 0 Å². The first-order chi connectivity index (χ1) is 8.79. The van der Waals surface area contributed by atoms with Crippen molar-refractivity contribution in [3.05, 3.63) is 29.3 Å². The van der Waals surface area contributed by atoms with Crippen LogP contribution >= 0.6 is 0 Å². The molecule has 1 atom stereocenters. The van der Waals surface area contributed by atoms with E-state index in [1.807, 2.05) is 0 Å². The second-order valence-electron chi connectivity index (χ2n) is 4.14. The van der Waals surface area contributed by atoms with Crippen LogP contribution in [0.4, 0.5) is 5.69 Å². The number of carboxylic acid groups (broad SMARTS) is 2. The first-order valence-electron chi connectivity index (χ1n) is 5.46. The minimum atomic E-state index is -1.27. The molecule has 0 saturated heterocycles. The Morgan fingerprint density at radius 1 is 1.16 bits per heavy atom. The number of anilines is 1. The molecule has 0 aliphatic heterocycles. The summed E-state index contributed by atoms with van der Waals surface area (Å²) < 4.78 is 0. The van der Waals surface area contributed by atoms with E-state index in [9.17, 15) is 14.4 Å². The normalized spacial score (nSPS) is 11.7. The Bertz CT molecular complexity index is 493. The number of carbonyl (C=O) groups excluding carboxylic acids is 1. The van der Waals surface area contributed by atoms with E-state index in [2.05, 4.69) is 5.32 Å². The van der Waals surface area contributed by atoms with Gasteiger partial charge in [0.1, 0.15) is 0 Å². The lowest BCUT2D eigenvalue weighted by atomic mass is 10.1. The molecule has 102 valence electrons. The largest absolute Gasteiger partial charge is 0.478 e. The summed E-state index contributed by atoms with van der Waals surface area (Å²) in [5, 5.41) is 20.2. The molecule has 0 spiro atoms. The SMILES string of the molecule is CC(N)CC(=O)Nc1cc(C(=O)O)cc(C(=O)O)c1. The molecule has 1 unspecified atom stereocenters. The molecular weight excluding hydrogens is 252 g/mol. The lowest BCUT2D eigenvalue weighted by molar-refractivity contribution is -0.116. The molecule has 0 aliphatic rings. The number of hydrogen-bond donors (Lipinski definition) is 4. The molecule has 0 bridgehead atoms. The van der Waals surface area contributed by atoms with Gasteiger partial charge in [-0.2, -0.15) is 0 Å². The highest BCUT2D eigenvalue weighted by molar-refractivity contribution is 5.98. The third kappa shape index (κ3) is 4.40. The molecule has 1 aromatic rings. The van der Waals surface area contributed by atoms with Crippen LogP contribution in [0.5, 0.6) is 0 Å². The first-order valence-corrected chi connectivity index (χ1v) is 5.46. The Labute approximate surface area is 109 Å². The molecule has 0 fully saturated rings. The minimum Gasteiger partial charge on any atom is -0.478 e. The number of nitrogens with two attached hydrogens (primary N) is 1. The summed E-state index contributed by atoms with van der Waals surface area (Å²) in [4.78, 5) is 33.2. The number of rotatable bonds is 5. The fourth-order valence-corrected chi connectivity index (χ4v) is 1.45. The van der Waals surface area contributed by atoms with Gasteiger partial charge in [0.25, 0.3) is 0 Å². The van der Waals surface area contributed by atoms with Crippen LogP contribution in [0.2, 0.25) is 0 Å². The highest BCUT2D eigenvalue weighted by Gasteiger charge is 2.13. The van der Waals surface area contributed by atoms with E-state index in [0.29, 0.717) is 0 Å². The van der Waals surface area contributed by atoms with Crippen LogP contribution in [0.3, 0.4) is 0 Å². The number of carbonyl (C=O) groups is 3. The molecule has 5 N–H and O–H groups in total. The van der Waals surface area contributed by atoms with Crippen LogP contribution in [0, 0.1) is 0 Å². The third-order valence-electron chi connectivity index (χ3n) is 2.22. The van der Waals surface area contributed by atoms with Gasteiger partial charge < -0.3 is 21.3 Å². The van der Waals surface area contributed by atoms with Crippen molar-refractivity contribution in [3.63, 3.8) is 0 Å². The lowest BCUT2D eigenvalue weighted by Gasteiger charge is -2.09. The summed E-state index contributed by atoms with van der Waals surface area (Å²) in [5.74, 6) is -2.95. The molecule has 0 aliphatic carbocycles. The smallest absolute Gasteiger partial charge is 0.335 e. The fourth-order valence-electron chi connectivity index (χ4n) is 1.45. The monoisotopic (exact) mass is 266 g/mol. The second-order valence-corrected chi connectivity index (χ2v) is 4.14. The Balaban J connectivity index is 3.03. The summed E-state index contributed by atoms with van der Waals surface area (Å²) in [5.41, 5.74) is 5.14. The van der Waals surface area contributed by atoms with Gasteiger partial charge in [-0.3, -0.25) is 4.79 Å². The molecule has 7 heteroatoms. The topological polar surface area (TPSA) is 130 Å². The van der Waals surface area contributed by atoms with E-state index in [1.165, 1.54) is 12.1 Å². The molecule has 0 aromatic heterocycles. The number of aromatic carboxylic acids is 2. The lowest BCUT2D eigenvalue weighted by Crippen LogP contribution is -2.24. The van der Waals surface area contributed by atoms with Crippen LogP contribution in [0.1, 0.15) is 34.1 Å². The zero-order chi connectivity index (χ0) is 14.6. The number of nitrogens with one attached hydrogen (secondary N) is 1. The van der Waals surface area contributed by atoms with Crippen LogP contribution in [0.25, 0.3) is 0 Å². The predicted octanol–water partition coefficient (Wildman–Crippen LogP) is 0.759. The molecule has 0 radical (unpaired) electrons. The Kier molecular flexibility index (Phi) is 4.60. The quantitative estimate of drug-likeness (QED) is 0.622. The van der Waals surface area contributed by atoms with Crippen molar-refractivity contribution in [1.29, 1.82) is 0 Å². The molecule has 1 aromatic carbocycles. The van der Waals surface area contributed by atoms with Crippen LogP contribution in [0.15, 0.2) is 18.2 Å². The summed E-state index contributed by atoms with van der Waals surface area (Å²) in [6.07, 6.45) is 0.0553. The van der Waals surface area contributed by atoms with Gasteiger partial charge in [-0.15, -0.1) is 0 Å². The maximum Gasteiger partial charge on any atom is 0.335 e. The van der Waals surface area contributed by atoms with Crippen molar-refractivity contribution < 1.29 is 24.6 Å². The summed E-state index contributed by atoms with van der Waals surface area (Å²) in [7, 11) is 0. The number of hydrogen-bond acceptors (Lipinski definition) is 4. The van der Waals surface area contributed by atoms with Crippen molar-refractivity contribution in [2.24, 2.45) is 5.73 Å². The predicted molar refractivity (Wildman–Crippen MR) is 67.3 cm³/mol. The van der Waals surface area contributed by atoms with E-state index >= 15 is 0 Å². The molecule has 0 saturated carbocycles. The number of carboxylic acids is 2. The first kappa shape index (κ1) is 14.7. The van der Waals surface area contributed by atoms with Crippen molar-refractivity contribution in [1.82, 2.24) is 0 Å². The molecule has 7 nitrogen and oxygen atoms in total. The highest BCUT2D eigenvalue weighted by atomic mass is 16.4. The maximum atomic E-state index is 11.5. The maximum absolute atomic E-state index is 11.5. The molecule has 1 rings (SSSR count).